The van der Waals surface area contributed by atoms with E-state index >= 15 is 0 Å². The van der Waals surface area contributed by atoms with E-state index in [1.54, 1.807) is 24.5 Å². The minimum absolute atomic E-state index is 0.00559. The second-order valence-corrected chi connectivity index (χ2v) is 6.03. The Morgan fingerprint density at radius 1 is 1.32 bits per heavy atom. The fourth-order valence-electron chi connectivity index (χ4n) is 3.43. The lowest BCUT2D eigenvalue weighted by atomic mass is 9.95. The van der Waals surface area contributed by atoms with Crippen LogP contribution in [0, 0.1) is 5.92 Å². The van der Waals surface area contributed by atoms with E-state index in [1.165, 1.54) is 7.11 Å². The summed E-state index contributed by atoms with van der Waals surface area (Å²) in [7, 11) is 1.53. The van der Waals surface area contributed by atoms with Crippen LogP contribution in [0.1, 0.15) is 23.2 Å². The molecule has 0 spiro atoms. The van der Waals surface area contributed by atoms with Gasteiger partial charge in [0.1, 0.15) is 6.61 Å². The molecule has 4 heterocycles. The van der Waals surface area contributed by atoms with E-state index in [9.17, 15) is 9.59 Å². The minimum atomic E-state index is 0.00559. The second kappa shape index (κ2) is 6.44. The number of hydrogen-bond donors (Lipinski definition) is 0. The average Bonchev–Trinajstić information content (AvgIpc) is 2.87. The molecule has 1 aromatic rings. The van der Waals surface area contributed by atoms with Gasteiger partial charge in [0.2, 0.25) is 5.91 Å². The number of rotatable bonds is 3. The maximum Gasteiger partial charge on any atom is 0.255 e. The standard InChI is InChI=1S/C16H21N3O3/c1-22-11-15(20)19-9-12-4-5-14(19)10-18(8-12)16(21)13-3-2-6-17-7-13/h2-3,6-7,12,14H,4-5,8-11H2,1H3/t12-,14+/m0/s1. The molecule has 3 aliphatic rings. The number of amides is 2. The monoisotopic (exact) mass is 303 g/mol. The first-order valence-corrected chi connectivity index (χ1v) is 7.66. The van der Waals surface area contributed by atoms with Crippen LogP contribution in [0.5, 0.6) is 0 Å². The van der Waals surface area contributed by atoms with Crippen molar-refractivity contribution in [2.24, 2.45) is 5.92 Å². The van der Waals surface area contributed by atoms with Crippen LogP contribution in [0.3, 0.4) is 0 Å². The van der Waals surface area contributed by atoms with Gasteiger partial charge in [-0.15, -0.1) is 0 Å². The van der Waals surface area contributed by atoms with Gasteiger partial charge in [-0.1, -0.05) is 0 Å². The van der Waals surface area contributed by atoms with Crippen LogP contribution in [0.2, 0.25) is 0 Å². The zero-order valence-electron chi connectivity index (χ0n) is 12.8. The molecule has 0 unspecified atom stereocenters. The van der Waals surface area contributed by atoms with Crippen molar-refractivity contribution in [1.82, 2.24) is 14.8 Å². The van der Waals surface area contributed by atoms with Crippen molar-refractivity contribution < 1.29 is 14.3 Å². The lowest BCUT2D eigenvalue weighted by Gasteiger charge is -2.35. The molecule has 22 heavy (non-hydrogen) atoms. The van der Waals surface area contributed by atoms with Gasteiger partial charge in [0.15, 0.2) is 0 Å². The molecule has 1 aromatic heterocycles. The molecule has 3 aliphatic heterocycles. The molecule has 4 rings (SSSR count). The largest absolute Gasteiger partial charge is 0.375 e. The molecular formula is C16H21N3O3. The molecule has 0 aromatic carbocycles. The molecule has 3 fully saturated rings. The van der Waals surface area contributed by atoms with Gasteiger partial charge in [0, 0.05) is 45.2 Å². The highest BCUT2D eigenvalue weighted by atomic mass is 16.5. The summed E-state index contributed by atoms with van der Waals surface area (Å²) in [5, 5.41) is 0. The molecular weight excluding hydrogens is 282 g/mol. The molecule has 2 amide bonds. The number of nitrogens with zero attached hydrogens (tertiary/aromatic N) is 3. The van der Waals surface area contributed by atoms with E-state index < -0.39 is 0 Å². The van der Waals surface area contributed by atoms with Crippen molar-refractivity contribution in [1.29, 1.82) is 0 Å². The summed E-state index contributed by atoms with van der Waals surface area (Å²) in [6.45, 7) is 2.14. The van der Waals surface area contributed by atoms with Crippen molar-refractivity contribution in [3.63, 3.8) is 0 Å². The SMILES string of the molecule is COCC(=O)N1C[C@H]2CC[C@@H]1CN(C(=O)c1cccnc1)C2. The second-order valence-electron chi connectivity index (χ2n) is 6.03. The van der Waals surface area contributed by atoms with Gasteiger partial charge in [-0.2, -0.15) is 0 Å². The molecule has 0 aliphatic carbocycles. The lowest BCUT2D eigenvalue weighted by Crippen LogP contribution is -2.48. The number of carbonyl (C=O) groups is 2. The summed E-state index contributed by atoms with van der Waals surface area (Å²) >= 11 is 0. The predicted octanol–water partition coefficient (Wildman–Crippen LogP) is 0.791. The van der Waals surface area contributed by atoms with E-state index in [2.05, 4.69) is 4.98 Å². The number of pyridine rings is 1. The highest BCUT2D eigenvalue weighted by Gasteiger charge is 2.38. The number of fused-ring (bicyclic) bond motifs is 4. The number of carbonyl (C=O) groups excluding carboxylic acids is 2. The van der Waals surface area contributed by atoms with Crippen molar-refractivity contribution in [3.05, 3.63) is 30.1 Å². The van der Waals surface area contributed by atoms with E-state index in [0.29, 0.717) is 24.6 Å². The van der Waals surface area contributed by atoms with Gasteiger partial charge in [0.05, 0.1) is 5.56 Å². The number of methoxy groups -OCH3 is 1. The fourth-order valence-corrected chi connectivity index (χ4v) is 3.43. The quantitative estimate of drug-likeness (QED) is 0.828. The highest BCUT2D eigenvalue weighted by Crippen LogP contribution is 2.28. The van der Waals surface area contributed by atoms with Gasteiger partial charge in [-0.3, -0.25) is 14.6 Å². The molecule has 6 heteroatoms. The summed E-state index contributed by atoms with van der Waals surface area (Å²) in [5.74, 6) is 0.374. The number of piperidine rings is 1. The van der Waals surface area contributed by atoms with Gasteiger partial charge >= 0.3 is 0 Å². The molecule has 2 atom stereocenters. The van der Waals surface area contributed by atoms with E-state index in [4.69, 9.17) is 4.74 Å². The minimum Gasteiger partial charge on any atom is -0.375 e. The maximum absolute atomic E-state index is 12.6. The van der Waals surface area contributed by atoms with Gasteiger partial charge < -0.3 is 14.5 Å². The average molecular weight is 303 g/mol. The first kappa shape index (κ1) is 15.0. The summed E-state index contributed by atoms with van der Waals surface area (Å²) < 4.78 is 4.97. The van der Waals surface area contributed by atoms with Crippen LogP contribution in [0.4, 0.5) is 0 Å². The molecule has 0 N–H and O–H groups in total. The van der Waals surface area contributed by atoms with E-state index in [1.807, 2.05) is 9.80 Å². The first-order valence-electron chi connectivity index (χ1n) is 7.66. The maximum atomic E-state index is 12.6. The Hall–Kier alpha value is -1.95. The zero-order chi connectivity index (χ0) is 15.5. The molecule has 0 saturated carbocycles. The van der Waals surface area contributed by atoms with Crippen molar-refractivity contribution in [2.45, 2.75) is 18.9 Å². The van der Waals surface area contributed by atoms with Crippen LogP contribution in [-0.2, 0) is 9.53 Å². The van der Waals surface area contributed by atoms with E-state index in [0.717, 1.165) is 19.4 Å². The van der Waals surface area contributed by atoms with Crippen LogP contribution in [-0.4, -0.2) is 66.0 Å². The van der Waals surface area contributed by atoms with Gasteiger partial charge in [-0.25, -0.2) is 0 Å². The number of ether oxygens (including phenoxy) is 1. The normalized spacial score (nSPS) is 24.2. The summed E-state index contributed by atoms with van der Waals surface area (Å²) in [6, 6.07) is 3.66. The molecule has 3 saturated heterocycles. The molecule has 2 bridgehead atoms. The van der Waals surface area contributed by atoms with Crippen molar-refractivity contribution >= 4 is 11.8 Å². The Balaban J connectivity index is 1.75. The summed E-state index contributed by atoms with van der Waals surface area (Å²) in [4.78, 5) is 32.6. The molecule has 6 nitrogen and oxygen atoms in total. The summed E-state index contributed by atoms with van der Waals surface area (Å²) in [6.07, 6.45) is 5.28. The van der Waals surface area contributed by atoms with E-state index in [-0.39, 0.29) is 24.5 Å². The zero-order valence-corrected chi connectivity index (χ0v) is 12.8. The van der Waals surface area contributed by atoms with Crippen molar-refractivity contribution in [3.8, 4) is 0 Å². The smallest absolute Gasteiger partial charge is 0.255 e. The lowest BCUT2D eigenvalue weighted by molar-refractivity contribution is -0.139. The van der Waals surface area contributed by atoms with Gasteiger partial charge in [-0.05, 0) is 30.9 Å². The van der Waals surface area contributed by atoms with Crippen LogP contribution in [0.25, 0.3) is 0 Å². The van der Waals surface area contributed by atoms with Gasteiger partial charge in [0.25, 0.3) is 5.91 Å². The third kappa shape index (κ3) is 2.97. The third-order valence-electron chi connectivity index (χ3n) is 4.50. The highest BCUT2D eigenvalue weighted by molar-refractivity contribution is 5.94. The van der Waals surface area contributed by atoms with Crippen molar-refractivity contribution in [2.75, 3.05) is 33.4 Å². The third-order valence-corrected chi connectivity index (χ3v) is 4.50. The molecule has 0 radical (unpaired) electrons. The van der Waals surface area contributed by atoms with Crippen LogP contribution < -0.4 is 0 Å². The fraction of sp³-hybridized carbons (Fsp3) is 0.562. The Morgan fingerprint density at radius 2 is 2.18 bits per heavy atom. The first-order chi connectivity index (χ1) is 10.7. The molecule has 118 valence electrons. The van der Waals surface area contributed by atoms with Crippen LogP contribution >= 0.6 is 0 Å². The predicted molar refractivity (Wildman–Crippen MR) is 80.2 cm³/mol. The Kier molecular flexibility index (Phi) is 4.38. The summed E-state index contributed by atoms with van der Waals surface area (Å²) in [5.41, 5.74) is 0.610. The Bertz CT molecular complexity index is 549. The topological polar surface area (TPSA) is 62.7 Å². The Morgan fingerprint density at radius 3 is 2.91 bits per heavy atom. The number of hydrogen-bond acceptors (Lipinski definition) is 4. The number of aromatic nitrogens is 1. The van der Waals surface area contributed by atoms with Crippen LogP contribution in [0.15, 0.2) is 24.5 Å². The Labute approximate surface area is 130 Å².